The molecular formula is C12H23ClN. The summed E-state index contributed by atoms with van der Waals surface area (Å²) in [7, 11) is 0. The van der Waals surface area contributed by atoms with Gasteiger partial charge in [0.1, 0.15) is 0 Å². The molecule has 0 heterocycles. The van der Waals surface area contributed by atoms with Crippen molar-refractivity contribution in [2.24, 2.45) is 17.6 Å². The number of alkyl halides is 1. The first kappa shape index (κ1) is 12.3. The van der Waals surface area contributed by atoms with Crippen molar-refractivity contribution in [1.29, 1.82) is 0 Å². The van der Waals surface area contributed by atoms with Crippen molar-refractivity contribution in [1.82, 2.24) is 0 Å². The van der Waals surface area contributed by atoms with E-state index in [0.29, 0.717) is 0 Å². The quantitative estimate of drug-likeness (QED) is 0.550. The van der Waals surface area contributed by atoms with Crippen LogP contribution in [0.3, 0.4) is 0 Å². The molecule has 14 heavy (non-hydrogen) atoms. The van der Waals surface area contributed by atoms with E-state index in [9.17, 15) is 0 Å². The van der Waals surface area contributed by atoms with Gasteiger partial charge in [-0.25, -0.2) is 0 Å². The standard InChI is InChI=1S/C7H12N.C5H11Cl/c8-7(5-1-2-5)6-3-4-6;1-2-3-4-5-6/h5-6H,1-4,8H2;2-5H2,1H3. The average Bonchev–Trinajstić information content (AvgIpc) is 3.08. The molecule has 83 valence electrons. The predicted molar refractivity (Wildman–Crippen MR) is 63.1 cm³/mol. The zero-order valence-electron chi connectivity index (χ0n) is 9.27. The normalized spacial score (nSPS) is 20.6. The molecule has 1 radical (unpaired) electrons. The molecule has 0 spiro atoms. The van der Waals surface area contributed by atoms with Crippen molar-refractivity contribution >= 4 is 11.6 Å². The lowest BCUT2D eigenvalue weighted by Gasteiger charge is -2.03. The third-order valence-electron chi connectivity index (χ3n) is 2.83. The molecule has 2 N–H and O–H groups in total. The van der Waals surface area contributed by atoms with E-state index in [0.717, 1.165) is 17.7 Å². The van der Waals surface area contributed by atoms with Crippen LogP contribution in [0.1, 0.15) is 51.9 Å². The SMILES string of the molecule is CCCCCCl.N[C](C1CC1)C1CC1. The van der Waals surface area contributed by atoms with Crippen molar-refractivity contribution in [3.8, 4) is 0 Å². The Hall–Kier alpha value is 0.250. The summed E-state index contributed by atoms with van der Waals surface area (Å²) < 4.78 is 0. The van der Waals surface area contributed by atoms with Crippen molar-refractivity contribution in [2.45, 2.75) is 51.9 Å². The first-order valence-corrected chi connectivity index (χ1v) is 6.51. The van der Waals surface area contributed by atoms with Gasteiger partial charge in [0.2, 0.25) is 0 Å². The lowest BCUT2D eigenvalue weighted by molar-refractivity contribution is 0.685. The number of hydrogen-bond acceptors (Lipinski definition) is 1. The fourth-order valence-corrected chi connectivity index (χ4v) is 1.70. The third kappa shape index (κ3) is 5.21. The van der Waals surface area contributed by atoms with Crippen LogP contribution < -0.4 is 5.73 Å². The van der Waals surface area contributed by atoms with Crippen molar-refractivity contribution in [3.63, 3.8) is 0 Å². The van der Waals surface area contributed by atoms with E-state index in [1.165, 1.54) is 51.0 Å². The smallest absolute Gasteiger partial charge is 0.0399 e. The van der Waals surface area contributed by atoms with Gasteiger partial charge in [-0.15, -0.1) is 11.6 Å². The zero-order valence-corrected chi connectivity index (χ0v) is 10.0. The van der Waals surface area contributed by atoms with Crippen LogP contribution in [0.5, 0.6) is 0 Å². The van der Waals surface area contributed by atoms with Gasteiger partial charge in [0.05, 0.1) is 0 Å². The molecule has 2 saturated carbocycles. The van der Waals surface area contributed by atoms with Gasteiger partial charge in [-0.1, -0.05) is 19.8 Å². The van der Waals surface area contributed by atoms with E-state index in [1.54, 1.807) is 0 Å². The number of halogens is 1. The molecule has 2 aliphatic rings. The minimum atomic E-state index is 0.827. The van der Waals surface area contributed by atoms with Crippen LogP contribution in [0.2, 0.25) is 0 Å². The highest BCUT2D eigenvalue weighted by Crippen LogP contribution is 2.47. The molecule has 1 nitrogen and oxygen atoms in total. The van der Waals surface area contributed by atoms with Gasteiger partial charge >= 0.3 is 0 Å². The minimum absolute atomic E-state index is 0.827. The number of nitrogens with two attached hydrogens (primary N) is 1. The van der Waals surface area contributed by atoms with E-state index >= 15 is 0 Å². The molecule has 0 saturated heterocycles. The maximum atomic E-state index is 5.80. The lowest BCUT2D eigenvalue weighted by atomic mass is 10.1. The maximum absolute atomic E-state index is 5.80. The molecule has 0 aromatic carbocycles. The summed E-state index contributed by atoms with van der Waals surface area (Å²) in [6.45, 7) is 2.17. The number of unbranched alkanes of at least 4 members (excludes halogenated alkanes) is 2. The van der Waals surface area contributed by atoms with Gasteiger partial charge in [-0.2, -0.15) is 0 Å². The summed E-state index contributed by atoms with van der Waals surface area (Å²) in [4.78, 5) is 0. The summed E-state index contributed by atoms with van der Waals surface area (Å²) in [5.41, 5.74) is 5.80. The molecule has 2 fully saturated rings. The Kier molecular flexibility index (Phi) is 5.88. The summed E-state index contributed by atoms with van der Waals surface area (Å²) in [6, 6.07) is 1.32. The van der Waals surface area contributed by atoms with Gasteiger partial charge in [-0.3, -0.25) is 0 Å². The highest BCUT2D eigenvalue weighted by Gasteiger charge is 2.39. The van der Waals surface area contributed by atoms with Crippen LogP contribution in [0, 0.1) is 17.9 Å². The highest BCUT2D eigenvalue weighted by molar-refractivity contribution is 6.17. The Bertz CT molecular complexity index is 125. The van der Waals surface area contributed by atoms with Gasteiger partial charge in [0.15, 0.2) is 0 Å². The van der Waals surface area contributed by atoms with Crippen molar-refractivity contribution in [3.05, 3.63) is 6.04 Å². The Morgan fingerprint density at radius 1 is 1.14 bits per heavy atom. The molecule has 0 aromatic rings. The number of hydrogen-bond donors (Lipinski definition) is 1. The molecule has 0 unspecified atom stereocenters. The fraction of sp³-hybridized carbons (Fsp3) is 0.917. The second kappa shape index (κ2) is 6.68. The summed E-state index contributed by atoms with van der Waals surface area (Å²) >= 11 is 5.38. The highest BCUT2D eigenvalue weighted by atomic mass is 35.5. The van der Waals surface area contributed by atoms with Crippen LogP contribution in [0.4, 0.5) is 0 Å². The van der Waals surface area contributed by atoms with E-state index in [2.05, 4.69) is 6.92 Å². The molecule has 0 amide bonds. The lowest BCUT2D eigenvalue weighted by Crippen LogP contribution is -2.13. The summed E-state index contributed by atoms with van der Waals surface area (Å²) in [5, 5.41) is 0. The Balaban J connectivity index is 0.000000149. The molecule has 0 bridgehead atoms. The zero-order chi connectivity index (χ0) is 10.4. The second-order valence-electron chi connectivity index (χ2n) is 4.44. The van der Waals surface area contributed by atoms with Gasteiger partial charge in [-0.05, 0) is 43.9 Å². The second-order valence-corrected chi connectivity index (χ2v) is 4.82. The molecule has 0 aromatic heterocycles. The molecule has 0 atom stereocenters. The van der Waals surface area contributed by atoms with Crippen molar-refractivity contribution < 1.29 is 0 Å². The maximum Gasteiger partial charge on any atom is 0.0399 e. The van der Waals surface area contributed by atoms with Crippen molar-refractivity contribution in [2.75, 3.05) is 5.88 Å². The van der Waals surface area contributed by atoms with Gasteiger partial charge in [0.25, 0.3) is 0 Å². The van der Waals surface area contributed by atoms with Crippen LogP contribution >= 0.6 is 11.6 Å². The Morgan fingerprint density at radius 3 is 1.86 bits per heavy atom. The van der Waals surface area contributed by atoms with Gasteiger partial charge < -0.3 is 5.73 Å². The summed E-state index contributed by atoms with van der Waals surface area (Å²) in [5.74, 6) is 2.53. The molecule has 2 heteroatoms. The van der Waals surface area contributed by atoms with Crippen LogP contribution in [0.25, 0.3) is 0 Å². The molecular weight excluding hydrogens is 194 g/mol. The van der Waals surface area contributed by atoms with E-state index in [4.69, 9.17) is 17.3 Å². The Labute approximate surface area is 93.4 Å². The Morgan fingerprint density at radius 2 is 1.64 bits per heavy atom. The third-order valence-corrected chi connectivity index (χ3v) is 3.10. The topological polar surface area (TPSA) is 26.0 Å². The number of rotatable bonds is 5. The van der Waals surface area contributed by atoms with E-state index in [1.807, 2.05) is 0 Å². The van der Waals surface area contributed by atoms with Crippen LogP contribution in [-0.2, 0) is 0 Å². The molecule has 2 rings (SSSR count). The van der Waals surface area contributed by atoms with E-state index in [-0.39, 0.29) is 0 Å². The fourth-order valence-electron chi connectivity index (χ4n) is 1.51. The molecule has 0 aliphatic heterocycles. The largest absolute Gasteiger partial charge is 0.323 e. The minimum Gasteiger partial charge on any atom is -0.323 e. The van der Waals surface area contributed by atoms with E-state index < -0.39 is 0 Å². The van der Waals surface area contributed by atoms with Gasteiger partial charge in [0, 0.05) is 11.9 Å². The summed E-state index contributed by atoms with van der Waals surface area (Å²) in [6.07, 6.45) is 9.24. The predicted octanol–water partition coefficient (Wildman–Crippen LogP) is 3.71. The first-order valence-electron chi connectivity index (χ1n) is 5.97. The van der Waals surface area contributed by atoms with Crippen LogP contribution in [-0.4, -0.2) is 5.88 Å². The monoisotopic (exact) mass is 216 g/mol. The average molecular weight is 217 g/mol. The molecule has 2 aliphatic carbocycles. The first-order chi connectivity index (χ1) is 6.79. The van der Waals surface area contributed by atoms with Crippen LogP contribution in [0.15, 0.2) is 0 Å².